The lowest BCUT2D eigenvalue weighted by atomic mass is 10.0. The lowest BCUT2D eigenvalue weighted by molar-refractivity contribution is -0.146. The molecule has 6 nitrogen and oxygen atoms in total. The molecule has 0 bridgehead atoms. The minimum atomic E-state index is -0.797. The Morgan fingerprint density at radius 2 is 1.26 bits per heavy atom. The van der Waals surface area contributed by atoms with Crippen LogP contribution in [-0.4, -0.2) is 38.1 Å². The molecular formula is C21H39NO5. The van der Waals surface area contributed by atoms with Gasteiger partial charge in [0.15, 0.2) is 0 Å². The van der Waals surface area contributed by atoms with E-state index in [0.717, 1.165) is 19.3 Å². The lowest BCUT2D eigenvalue weighted by Crippen LogP contribution is -2.41. The predicted octanol–water partition coefficient (Wildman–Crippen LogP) is 4.30. The Morgan fingerprint density at radius 3 is 1.74 bits per heavy atom. The number of rotatable bonds is 17. The van der Waals surface area contributed by atoms with E-state index in [2.05, 4.69) is 21.7 Å². The molecule has 0 aliphatic carbocycles. The van der Waals surface area contributed by atoms with Crippen molar-refractivity contribution < 1.29 is 23.9 Å². The molecule has 0 aromatic heterocycles. The fraction of sp³-hybridized carbons (Fsp3) is 0.857. The predicted molar refractivity (Wildman–Crippen MR) is 106 cm³/mol. The maximum atomic E-state index is 12.0. The molecular weight excluding hydrogens is 346 g/mol. The average Bonchev–Trinajstić information content (AvgIpc) is 2.68. The van der Waals surface area contributed by atoms with Crippen LogP contribution in [0.1, 0.15) is 96.8 Å². The summed E-state index contributed by atoms with van der Waals surface area (Å²) < 4.78 is 9.24. The third-order valence-electron chi connectivity index (χ3n) is 4.69. The highest BCUT2D eigenvalue weighted by atomic mass is 16.5. The second-order valence-electron chi connectivity index (χ2n) is 7.04. The summed E-state index contributed by atoms with van der Waals surface area (Å²) in [7, 11) is 2.56. The van der Waals surface area contributed by atoms with Gasteiger partial charge in [0, 0.05) is 12.8 Å². The zero-order valence-corrected chi connectivity index (χ0v) is 17.5. The fourth-order valence-electron chi connectivity index (χ4n) is 2.97. The van der Waals surface area contributed by atoms with Crippen LogP contribution < -0.4 is 5.32 Å². The molecule has 0 rings (SSSR count). The molecule has 0 fully saturated rings. The van der Waals surface area contributed by atoms with E-state index in [-0.39, 0.29) is 18.7 Å². The Labute approximate surface area is 164 Å². The van der Waals surface area contributed by atoms with Gasteiger partial charge in [0.2, 0.25) is 5.91 Å². The van der Waals surface area contributed by atoms with Gasteiger partial charge in [0.1, 0.15) is 6.04 Å². The van der Waals surface area contributed by atoms with Crippen LogP contribution in [0.15, 0.2) is 0 Å². The monoisotopic (exact) mass is 385 g/mol. The summed E-state index contributed by atoms with van der Waals surface area (Å²) in [6.07, 6.45) is 14.1. The molecule has 0 unspecified atom stereocenters. The Kier molecular flexibility index (Phi) is 16.8. The van der Waals surface area contributed by atoms with Gasteiger partial charge in [-0.2, -0.15) is 0 Å². The number of amides is 1. The Balaban J connectivity index is 3.77. The van der Waals surface area contributed by atoms with Gasteiger partial charge in [-0.3, -0.25) is 9.59 Å². The number of esters is 2. The molecule has 6 heteroatoms. The van der Waals surface area contributed by atoms with Gasteiger partial charge in [0.05, 0.1) is 14.2 Å². The number of nitrogens with one attached hydrogen (secondary N) is 1. The first-order valence-corrected chi connectivity index (χ1v) is 10.5. The smallest absolute Gasteiger partial charge is 0.328 e. The van der Waals surface area contributed by atoms with E-state index in [1.54, 1.807) is 0 Å². The molecule has 158 valence electrons. The van der Waals surface area contributed by atoms with E-state index in [0.29, 0.717) is 6.42 Å². The summed E-state index contributed by atoms with van der Waals surface area (Å²) in [5.74, 6) is -1.12. The van der Waals surface area contributed by atoms with Crippen molar-refractivity contribution in [2.45, 2.75) is 103 Å². The molecule has 1 N–H and O–H groups in total. The van der Waals surface area contributed by atoms with E-state index in [1.165, 1.54) is 65.6 Å². The number of hydrogen-bond donors (Lipinski definition) is 1. The van der Waals surface area contributed by atoms with Crippen molar-refractivity contribution in [1.82, 2.24) is 5.32 Å². The van der Waals surface area contributed by atoms with Crippen molar-refractivity contribution in [3.05, 3.63) is 0 Å². The van der Waals surface area contributed by atoms with Gasteiger partial charge in [0.25, 0.3) is 0 Å². The maximum absolute atomic E-state index is 12.0. The van der Waals surface area contributed by atoms with Gasteiger partial charge in [-0.15, -0.1) is 0 Å². The number of hydrogen-bond acceptors (Lipinski definition) is 5. The van der Waals surface area contributed by atoms with E-state index >= 15 is 0 Å². The standard InChI is InChI=1S/C21H39NO5/c1-4-5-6-7-8-9-10-11-12-13-14-15-19(23)22-18(21(25)27-3)16-17-20(24)26-2/h18H,4-17H2,1-3H3,(H,22,23)/t18-/m0/s1. The van der Waals surface area contributed by atoms with E-state index in [9.17, 15) is 14.4 Å². The van der Waals surface area contributed by atoms with Gasteiger partial charge in [-0.05, 0) is 12.8 Å². The Hall–Kier alpha value is -1.59. The molecule has 0 aliphatic heterocycles. The van der Waals surface area contributed by atoms with Crippen molar-refractivity contribution in [3.63, 3.8) is 0 Å². The summed E-state index contributed by atoms with van der Waals surface area (Å²) in [5, 5.41) is 2.66. The molecule has 0 radical (unpaired) electrons. The topological polar surface area (TPSA) is 81.7 Å². The van der Waals surface area contributed by atoms with E-state index < -0.39 is 18.0 Å². The van der Waals surface area contributed by atoms with Crippen molar-refractivity contribution in [2.75, 3.05) is 14.2 Å². The highest BCUT2D eigenvalue weighted by Gasteiger charge is 2.22. The van der Waals surface area contributed by atoms with Crippen molar-refractivity contribution in [3.8, 4) is 0 Å². The van der Waals surface area contributed by atoms with E-state index in [4.69, 9.17) is 0 Å². The minimum absolute atomic E-state index is 0.0645. The third-order valence-corrected chi connectivity index (χ3v) is 4.69. The molecule has 1 amide bonds. The number of carbonyl (C=O) groups is 3. The Bertz CT molecular complexity index is 411. The summed E-state index contributed by atoms with van der Waals surface area (Å²) in [5.41, 5.74) is 0. The highest BCUT2D eigenvalue weighted by Crippen LogP contribution is 2.12. The first-order chi connectivity index (χ1) is 13.0. The maximum Gasteiger partial charge on any atom is 0.328 e. The number of methoxy groups -OCH3 is 2. The van der Waals surface area contributed by atoms with Crippen LogP contribution in [0.3, 0.4) is 0 Å². The van der Waals surface area contributed by atoms with Crippen molar-refractivity contribution in [2.24, 2.45) is 0 Å². The van der Waals surface area contributed by atoms with Crippen LogP contribution in [0, 0.1) is 0 Å². The summed E-state index contributed by atoms with van der Waals surface area (Å²) in [4.78, 5) is 34.9. The largest absolute Gasteiger partial charge is 0.469 e. The molecule has 0 saturated carbocycles. The average molecular weight is 386 g/mol. The zero-order valence-electron chi connectivity index (χ0n) is 17.5. The van der Waals surface area contributed by atoms with Crippen LogP contribution in [0.5, 0.6) is 0 Å². The van der Waals surface area contributed by atoms with Crippen molar-refractivity contribution >= 4 is 17.8 Å². The second kappa shape index (κ2) is 17.8. The summed E-state index contributed by atoms with van der Waals surface area (Å²) in [6.45, 7) is 2.23. The quantitative estimate of drug-likeness (QED) is 0.298. The first-order valence-electron chi connectivity index (χ1n) is 10.5. The Morgan fingerprint density at radius 1 is 0.741 bits per heavy atom. The van der Waals surface area contributed by atoms with Gasteiger partial charge >= 0.3 is 11.9 Å². The second-order valence-corrected chi connectivity index (χ2v) is 7.04. The zero-order chi connectivity index (χ0) is 20.3. The van der Waals surface area contributed by atoms with Crippen LogP contribution in [-0.2, 0) is 23.9 Å². The number of ether oxygens (including phenoxy) is 2. The SMILES string of the molecule is CCCCCCCCCCCCCC(=O)N[C@@H](CCC(=O)OC)C(=O)OC. The normalized spacial score (nSPS) is 11.7. The number of unbranched alkanes of at least 4 members (excludes halogenated alkanes) is 10. The van der Waals surface area contributed by atoms with Crippen LogP contribution in [0.2, 0.25) is 0 Å². The fourth-order valence-corrected chi connectivity index (χ4v) is 2.97. The summed E-state index contributed by atoms with van der Waals surface area (Å²) in [6, 6.07) is -0.797. The van der Waals surface area contributed by atoms with Gasteiger partial charge in [-0.1, -0.05) is 71.1 Å². The van der Waals surface area contributed by atoms with Crippen molar-refractivity contribution in [1.29, 1.82) is 0 Å². The van der Waals surface area contributed by atoms with Crippen LogP contribution >= 0.6 is 0 Å². The summed E-state index contributed by atoms with van der Waals surface area (Å²) >= 11 is 0. The number of carbonyl (C=O) groups excluding carboxylic acids is 3. The van der Waals surface area contributed by atoms with Gasteiger partial charge < -0.3 is 14.8 Å². The molecule has 0 saturated heterocycles. The highest BCUT2D eigenvalue weighted by molar-refractivity contribution is 5.84. The van der Waals surface area contributed by atoms with Gasteiger partial charge in [-0.25, -0.2) is 4.79 Å². The van der Waals surface area contributed by atoms with E-state index in [1.807, 2.05) is 0 Å². The molecule has 0 heterocycles. The van der Waals surface area contributed by atoms with Crippen LogP contribution in [0.25, 0.3) is 0 Å². The molecule has 27 heavy (non-hydrogen) atoms. The lowest BCUT2D eigenvalue weighted by Gasteiger charge is -2.16. The molecule has 0 aromatic carbocycles. The minimum Gasteiger partial charge on any atom is -0.469 e. The molecule has 0 spiro atoms. The third kappa shape index (κ3) is 15.2. The molecule has 0 aromatic rings. The molecule has 1 atom stereocenters. The first kappa shape index (κ1) is 25.4. The van der Waals surface area contributed by atoms with Crippen LogP contribution in [0.4, 0.5) is 0 Å². The molecule has 0 aliphatic rings.